The minimum Gasteiger partial charge on any atom is -0.337 e. The van der Waals surface area contributed by atoms with Gasteiger partial charge in [0, 0.05) is 31.9 Å². The zero-order valence-corrected chi connectivity index (χ0v) is 9.89. The fourth-order valence-corrected chi connectivity index (χ4v) is 1.70. The third kappa shape index (κ3) is 4.20. The standard InChI is InChI=1S/C9H13N3O.2ClH/c13-9-3-8(4-11-5-9)6-12-2-1-10-7-12;;/h1-2,7-8,11H,3-6H2;2*1H. The molecule has 1 aromatic rings. The summed E-state index contributed by atoms with van der Waals surface area (Å²) >= 11 is 0. The van der Waals surface area contributed by atoms with Crippen LogP contribution >= 0.6 is 24.8 Å². The lowest BCUT2D eigenvalue weighted by molar-refractivity contribution is -0.120. The number of carbonyl (C=O) groups is 1. The number of nitrogens with zero attached hydrogens (tertiary/aromatic N) is 2. The number of piperidine rings is 1. The molecule has 1 fully saturated rings. The van der Waals surface area contributed by atoms with Gasteiger partial charge in [-0.05, 0) is 5.92 Å². The second-order valence-electron chi connectivity index (χ2n) is 3.50. The maximum absolute atomic E-state index is 11.1. The number of hydrogen-bond donors (Lipinski definition) is 1. The number of carbonyl (C=O) groups excluding carboxylic acids is 1. The van der Waals surface area contributed by atoms with Gasteiger partial charge in [0.25, 0.3) is 0 Å². The van der Waals surface area contributed by atoms with Crippen molar-refractivity contribution >= 4 is 30.6 Å². The average Bonchev–Trinajstić information content (AvgIpc) is 2.57. The summed E-state index contributed by atoms with van der Waals surface area (Å²) in [6.07, 6.45) is 6.18. The molecule has 2 rings (SSSR count). The van der Waals surface area contributed by atoms with Crippen molar-refractivity contribution in [1.29, 1.82) is 0 Å². The normalized spacial score (nSPS) is 20.3. The zero-order valence-electron chi connectivity index (χ0n) is 8.26. The van der Waals surface area contributed by atoms with E-state index in [0.717, 1.165) is 13.1 Å². The van der Waals surface area contributed by atoms with E-state index in [0.29, 0.717) is 24.7 Å². The van der Waals surface area contributed by atoms with E-state index in [-0.39, 0.29) is 24.8 Å². The quantitative estimate of drug-likeness (QED) is 0.850. The van der Waals surface area contributed by atoms with E-state index in [1.807, 2.05) is 10.8 Å². The number of rotatable bonds is 2. The average molecular weight is 252 g/mol. The topological polar surface area (TPSA) is 46.9 Å². The molecule has 0 aromatic carbocycles. The van der Waals surface area contributed by atoms with Crippen LogP contribution in [0.4, 0.5) is 0 Å². The van der Waals surface area contributed by atoms with Crippen LogP contribution in [0.1, 0.15) is 6.42 Å². The molecular formula is C9H15Cl2N3O. The zero-order chi connectivity index (χ0) is 9.10. The summed E-state index contributed by atoms with van der Waals surface area (Å²) in [6.45, 7) is 2.36. The Morgan fingerprint density at radius 1 is 1.53 bits per heavy atom. The second kappa shape index (κ2) is 6.82. The fraction of sp³-hybridized carbons (Fsp3) is 0.556. The van der Waals surface area contributed by atoms with Gasteiger partial charge in [0.15, 0.2) is 0 Å². The molecule has 15 heavy (non-hydrogen) atoms. The van der Waals surface area contributed by atoms with E-state index in [1.54, 1.807) is 12.5 Å². The summed E-state index contributed by atoms with van der Waals surface area (Å²) < 4.78 is 2.02. The number of halogens is 2. The summed E-state index contributed by atoms with van der Waals surface area (Å²) in [4.78, 5) is 15.1. The number of aromatic nitrogens is 2. The molecule has 1 atom stereocenters. The molecule has 2 heterocycles. The third-order valence-corrected chi connectivity index (χ3v) is 2.30. The van der Waals surface area contributed by atoms with Gasteiger partial charge in [0.1, 0.15) is 5.78 Å². The Bertz CT molecular complexity index is 290. The van der Waals surface area contributed by atoms with Crippen molar-refractivity contribution in [1.82, 2.24) is 14.9 Å². The van der Waals surface area contributed by atoms with Crippen LogP contribution in [0.25, 0.3) is 0 Å². The third-order valence-electron chi connectivity index (χ3n) is 2.30. The number of Topliss-reactive ketones (excluding diaryl/α,β-unsaturated/α-hetero) is 1. The Kier molecular flexibility index (Phi) is 6.56. The smallest absolute Gasteiger partial charge is 0.147 e. The highest BCUT2D eigenvalue weighted by atomic mass is 35.5. The molecule has 0 saturated carbocycles. The Morgan fingerprint density at radius 2 is 2.33 bits per heavy atom. The van der Waals surface area contributed by atoms with Gasteiger partial charge in [-0.2, -0.15) is 0 Å². The fourth-order valence-electron chi connectivity index (χ4n) is 1.70. The maximum atomic E-state index is 11.1. The molecule has 1 unspecified atom stereocenters. The van der Waals surface area contributed by atoms with Crippen molar-refractivity contribution in [3.8, 4) is 0 Å². The molecule has 0 spiro atoms. The van der Waals surface area contributed by atoms with E-state index in [2.05, 4.69) is 10.3 Å². The van der Waals surface area contributed by atoms with Crippen molar-refractivity contribution in [3.63, 3.8) is 0 Å². The van der Waals surface area contributed by atoms with Gasteiger partial charge in [-0.1, -0.05) is 0 Å². The Morgan fingerprint density at radius 3 is 2.93 bits per heavy atom. The first kappa shape index (κ1) is 14.4. The first-order valence-electron chi connectivity index (χ1n) is 4.53. The van der Waals surface area contributed by atoms with Crippen LogP contribution in [0.2, 0.25) is 0 Å². The van der Waals surface area contributed by atoms with E-state index >= 15 is 0 Å². The first-order chi connectivity index (χ1) is 6.34. The molecule has 6 heteroatoms. The highest BCUT2D eigenvalue weighted by Gasteiger charge is 2.18. The van der Waals surface area contributed by atoms with Gasteiger partial charge in [-0.15, -0.1) is 24.8 Å². The van der Waals surface area contributed by atoms with Crippen molar-refractivity contribution in [3.05, 3.63) is 18.7 Å². The van der Waals surface area contributed by atoms with Gasteiger partial charge in [0.05, 0.1) is 12.9 Å². The lowest BCUT2D eigenvalue weighted by Gasteiger charge is -2.21. The molecule has 1 saturated heterocycles. The van der Waals surface area contributed by atoms with Gasteiger partial charge >= 0.3 is 0 Å². The van der Waals surface area contributed by atoms with Crippen LogP contribution in [-0.4, -0.2) is 28.4 Å². The Balaban J connectivity index is 0.000000980. The minimum absolute atomic E-state index is 0. The van der Waals surface area contributed by atoms with Crippen LogP contribution < -0.4 is 5.32 Å². The predicted octanol–water partition coefficient (Wildman–Crippen LogP) is 0.905. The highest BCUT2D eigenvalue weighted by molar-refractivity contribution is 5.85. The van der Waals surface area contributed by atoms with Crippen LogP contribution in [0.5, 0.6) is 0 Å². The molecule has 86 valence electrons. The molecular weight excluding hydrogens is 237 g/mol. The molecule has 4 nitrogen and oxygen atoms in total. The van der Waals surface area contributed by atoms with E-state index in [9.17, 15) is 4.79 Å². The lowest BCUT2D eigenvalue weighted by Crippen LogP contribution is -2.38. The maximum Gasteiger partial charge on any atom is 0.147 e. The second-order valence-corrected chi connectivity index (χ2v) is 3.50. The van der Waals surface area contributed by atoms with Crippen molar-refractivity contribution in [2.24, 2.45) is 5.92 Å². The predicted molar refractivity (Wildman–Crippen MR) is 62.7 cm³/mol. The largest absolute Gasteiger partial charge is 0.337 e. The molecule has 1 aliphatic rings. The van der Waals surface area contributed by atoms with Crippen LogP contribution in [0, 0.1) is 5.92 Å². The number of ketones is 1. The molecule has 0 aliphatic carbocycles. The highest BCUT2D eigenvalue weighted by Crippen LogP contribution is 2.09. The molecule has 0 amide bonds. The lowest BCUT2D eigenvalue weighted by atomic mass is 9.99. The molecule has 1 aliphatic heterocycles. The summed E-state index contributed by atoms with van der Waals surface area (Å²) in [5, 5.41) is 3.11. The van der Waals surface area contributed by atoms with Gasteiger partial charge in [0.2, 0.25) is 0 Å². The van der Waals surface area contributed by atoms with E-state index in [4.69, 9.17) is 0 Å². The number of hydrogen-bond acceptors (Lipinski definition) is 3. The number of imidazole rings is 1. The van der Waals surface area contributed by atoms with Gasteiger partial charge in [-0.3, -0.25) is 4.79 Å². The summed E-state index contributed by atoms with van der Waals surface area (Å²) in [5.74, 6) is 0.742. The van der Waals surface area contributed by atoms with Crippen LogP contribution in [0.15, 0.2) is 18.7 Å². The Labute approximate surface area is 101 Å². The van der Waals surface area contributed by atoms with Crippen LogP contribution in [0.3, 0.4) is 0 Å². The van der Waals surface area contributed by atoms with E-state index in [1.165, 1.54) is 0 Å². The van der Waals surface area contributed by atoms with Crippen molar-refractivity contribution in [2.45, 2.75) is 13.0 Å². The molecule has 0 bridgehead atoms. The van der Waals surface area contributed by atoms with Crippen molar-refractivity contribution in [2.75, 3.05) is 13.1 Å². The van der Waals surface area contributed by atoms with Gasteiger partial charge in [-0.25, -0.2) is 4.98 Å². The van der Waals surface area contributed by atoms with E-state index < -0.39 is 0 Å². The van der Waals surface area contributed by atoms with Gasteiger partial charge < -0.3 is 9.88 Å². The van der Waals surface area contributed by atoms with Crippen molar-refractivity contribution < 1.29 is 4.79 Å². The monoisotopic (exact) mass is 251 g/mol. The van der Waals surface area contributed by atoms with Crippen LogP contribution in [-0.2, 0) is 11.3 Å². The summed E-state index contributed by atoms with van der Waals surface area (Å²) in [5.41, 5.74) is 0. The number of nitrogens with one attached hydrogen (secondary N) is 1. The molecule has 1 N–H and O–H groups in total. The minimum atomic E-state index is 0. The summed E-state index contributed by atoms with van der Waals surface area (Å²) in [6, 6.07) is 0. The first-order valence-corrected chi connectivity index (χ1v) is 4.53. The summed E-state index contributed by atoms with van der Waals surface area (Å²) in [7, 11) is 0. The molecule has 0 radical (unpaired) electrons. The molecule has 1 aromatic heterocycles. The Hall–Kier alpha value is -0.580. The SMILES string of the molecule is Cl.Cl.O=C1CNCC(Cn2ccnc2)C1.